The number of hydrogen-bond donors (Lipinski definition) is 2. The molecule has 3 aromatic heterocycles. The highest BCUT2D eigenvalue weighted by atomic mass is 32.2. The zero-order valence-electron chi connectivity index (χ0n) is 19.0. The van der Waals surface area contributed by atoms with Crippen LogP contribution in [0, 0.1) is 0 Å². The summed E-state index contributed by atoms with van der Waals surface area (Å²) in [7, 11) is 1.48. The molecule has 34 heavy (non-hydrogen) atoms. The van der Waals surface area contributed by atoms with Crippen LogP contribution in [-0.4, -0.2) is 31.9 Å². The average Bonchev–Trinajstić information content (AvgIpc) is 3.25. The first-order valence-corrected chi connectivity index (χ1v) is 11.9. The number of benzene rings is 1. The second-order valence-electron chi connectivity index (χ2n) is 7.87. The fraction of sp³-hybridized carbons (Fsp3) is 0.250. The van der Waals surface area contributed by atoms with Crippen LogP contribution in [0.4, 0.5) is 11.5 Å². The Labute approximate surface area is 200 Å². The van der Waals surface area contributed by atoms with E-state index in [4.69, 9.17) is 5.73 Å². The largest absolute Gasteiger partial charge is 0.383 e. The zero-order chi connectivity index (χ0) is 24.2. The number of fused-ring (bicyclic) bond motifs is 1. The minimum atomic E-state index is -0.689. The number of aromatic nitrogens is 4. The standard InChI is InChI=1S/C24H26N6O3S/c1-3-4-13-30-21(25)20(22(31)27-24(30)33)28(2)23(32)16-8-10-18(11-9-16)34-15-17-14-29-12-6-5-7-19(29)26-17/h5-12,14H,3-4,13,15,25H2,1-2H3,(H,27,31,33). The number of carbonyl (C=O) groups excluding carboxylic acids is 1. The molecule has 0 fully saturated rings. The lowest BCUT2D eigenvalue weighted by Crippen LogP contribution is -2.39. The molecule has 4 rings (SSSR count). The summed E-state index contributed by atoms with van der Waals surface area (Å²) >= 11 is 1.62. The molecule has 0 aliphatic heterocycles. The van der Waals surface area contributed by atoms with Gasteiger partial charge in [-0.05, 0) is 42.8 Å². The monoisotopic (exact) mass is 478 g/mol. The van der Waals surface area contributed by atoms with E-state index in [9.17, 15) is 14.4 Å². The van der Waals surface area contributed by atoms with Crippen molar-refractivity contribution < 1.29 is 4.79 Å². The number of nitrogens with two attached hydrogens (primary N) is 1. The van der Waals surface area contributed by atoms with Gasteiger partial charge in [-0.1, -0.05) is 19.4 Å². The smallest absolute Gasteiger partial charge is 0.330 e. The lowest BCUT2D eigenvalue weighted by atomic mass is 10.2. The van der Waals surface area contributed by atoms with Crippen molar-refractivity contribution >= 4 is 34.8 Å². The van der Waals surface area contributed by atoms with Gasteiger partial charge in [0.05, 0.1) is 5.69 Å². The Bertz CT molecular complexity index is 1400. The molecular formula is C24H26N6O3S. The van der Waals surface area contributed by atoms with Crippen LogP contribution in [-0.2, 0) is 12.3 Å². The summed E-state index contributed by atoms with van der Waals surface area (Å²) in [5.74, 6) is 0.285. The van der Waals surface area contributed by atoms with Crippen molar-refractivity contribution in [2.45, 2.75) is 37.0 Å². The number of carbonyl (C=O) groups is 1. The van der Waals surface area contributed by atoms with E-state index in [1.54, 1.807) is 23.9 Å². The maximum Gasteiger partial charge on any atom is 0.330 e. The predicted molar refractivity (Wildman–Crippen MR) is 135 cm³/mol. The molecule has 0 saturated carbocycles. The summed E-state index contributed by atoms with van der Waals surface area (Å²) in [4.78, 5) is 46.7. The van der Waals surface area contributed by atoms with Gasteiger partial charge in [0.2, 0.25) is 0 Å². The van der Waals surface area contributed by atoms with Crippen LogP contribution in [0.15, 0.2) is 69.3 Å². The molecule has 176 valence electrons. The van der Waals surface area contributed by atoms with Gasteiger partial charge in [0.25, 0.3) is 11.5 Å². The molecular weight excluding hydrogens is 452 g/mol. The average molecular weight is 479 g/mol. The SMILES string of the molecule is CCCCn1c(N)c(N(C)C(=O)c2ccc(SCc3cn4ccccc4n3)cc2)c(=O)[nH]c1=O. The predicted octanol–water partition coefficient (Wildman–Crippen LogP) is 3.14. The van der Waals surface area contributed by atoms with Crippen LogP contribution in [0.2, 0.25) is 0 Å². The summed E-state index contributed by atoms with van der Waals surface area (Å²) in [6.07, 6.45) is 5.54. The van der Waals surface area contributed by atoms with Crippen molar-refractivity contribution in [3.63, 3.8) is 0 Å². The summed E-state index contributed by atoms with van der Waals surface area (Å²) < 4.78 is 3.27. The van der Waals surface area contributed by atoms with Gasteiger partial charge in [-0.2, -0.15) is 0 Å². The van der Waals surface area contributed by atoms with Crippen molar-refractivity contribution in [3.05, 3.63) is 87.0 Å². The van der Waals surface area contributed by atoms with Gasteiger partial charge >= 0.3 is 5.69 Å². The maximum absolute atomic E-state index is 13.1. The molecule has 0 atom stereocenters. The van der Waals surface area contributed by atoms with E-state index >= 15 is 0 Å². The van der Waals surface area contributed by atoms with E-state index in [0.717, 1.165) is 29.1 Å². The third kappa shape index (κ3) is 4.76. The van der Waals surface area contributed by atoms with Gasteiger partial charge in [-0.3, -0.25) is 19.1 Å². The molecule has 0 aliphatic rings. The van der Waals surface area contributed by atoms with Gasteiger partial charge in [-0.25, -0.2) is 9.78 Å². The van der Waals surface area contributed by atoms with Crippen molar-refractivity contribution in [2.75, 3.05) is 17.7 Å². The fourth-order valence-electron chi connectivity index (χ4n) is 3.64. The first-order valence-electron chi connectivity index (χ1n) is 10.9. The Morgan fingerprint density at radius 1 is 1.18 bits per heavy atom. The minimum absolute atomic E-state index is 0.0160. The van der Waals surface area contributed by atoms with Crippen molar-refractivity contribution in [1.82, 2.24) is 18.9 Å². The summed E-state index contributed by atoms with van der Waals surface area (Å²) in [5, 5.41) is 0. The molecule has 1 aromatic carbocycles. The number of imidazole rings is 1. The summed E-state index contributed by atoms with van der Waals surface area (Å²) in [6, 6.07) is 13.0. The first-order chi connectivity index (χ1) is 16.4. The third-order valence-electron chi connectivity index (χ3n) is 5.49. The number of hydrogen-bond acceptors (Lipinski definition) is 6. The Morgan fingerprint density at radius 2 is 1.94 bits per heavy atom. The highest BCUT2D eigenvalue weighted by Crippen LogP contribution is 2.24. The van der Waals surface area contributed by atoms with Crippen molar-refractivity contribution in [1.29, 1.82) is 0 Å². The van der Waals surface area contributed by atoms with E-state index in [1.807, 2.05) is 54.0 Å². The highest BCUT2D eigenvalue weighted by Gasteiger charge is 2.22. The number of thioether (sulfide) groups is 1. The second-order valence-corrected chi connectivity index (χ2v) is 8.92. The second kappa shape index (κ2) is 10.0. The molecule has 10 heteroatoms. The number of pyridine rings is 1. The lowest BCUT2D eigenvalue weighted by Gasteiger charge is -2.20. The number of nitrogens with zero attached hydrogens (tertiary/aromatic N) is 4. The number of nitrogen functional groups attached to an aromatic ring is 1. The molecule has 3 heterocycles. The number of anilines is 2. The van der Waals surface area contributed by atoms with E-state index in [1.165, 1.54) is 16.5 Å². The van der Waals surface area contributed by atoms with Crippen LogP contribution in [0.25, 0.3) is 5.65 Å². The van der Waals surface area contributed by atoms with Crippen LogP contribution in [0.5, 0.6) is 0 Å². The van der Waals surface area contributed by atoms with Gasteiger partial charge < -0.3 is 15.0 Å². The number of unbranched alkanes of at least 4 members (excludes halogenated alkanes) is 1. The molecule has 0 saturated heterocycles. The van der Waals surface area contributed by atoms with Crippen molar-refractivity contribution in [2.24, 2.45) is 0 Å². The van der Waals surface area contributed by atoms with Crippen molar-refractivity contribution in [3.8, 4) is 0 Å². The lowest BCUT2D eigenvalue weighted by molar-refractivity contribution is 0.0992. The Morgan fingerprint density at radius 3 is 2.65 bits per heavy atom. The van der Waals surface area contributed by atoms with Gasteiger partial charge in [0.15, 0.2) is 5.69 Å². The van der Waals surface area contributed by atoms with E-state index in [0.29, 0.717) is 17.9 Å². The van der Waals surface area contributed by atoms with Gasteiger partial charge in [0.1, 0.15) is 11.5 Å². The topological polar surface area (TPSA) is 118 Å². The summed E-state index contributed by atoms with van der Waals surface area (Å²) in [6.45, 7) is 2.36. The number of rotatable bonds is 8. The Hall–Kier alpha value is -3.79. The third-order valence-corrected chi connectivity index (χ3v) is 6.54. The highest BCUT2D eigenvalue weighted by molar-refractivity contribution is 7.98. The van der Waals surface area contributed by atoms with Crippen LogP contribution < -0.4 is 21.9 Å². The zero-order valence-corrected chi connectivity index (χ0v) is 19.8. The molecule has 1 amide bonds. The van der Waals surface area contributed by atoms with Gasteiger partial charge in [0, 0.05) is 42.2 Å². The number of amides is 1. The Kier molecular flexibility index (Phi) is 6.87. The van der Waals surface area contributed by atoms with Gasteiger partial charge in [-0.15, -0.1) is 11.8 Å². The molecule has 4 aromatic rings. The van der Waals surface area contributed by atoms with Crippen LogP contribution in [0.3, 0.4) is 0 Å². The number of nitrogens with one attached hydrogen (secondary N) is 1. The Balaban J connectivity index is 1.49. The number of H-pyrrole nitrogens is 1. The quantitative estimate of drug-likeness (QED) is 0.376. The molecule has 0 radical (unpaired) electrons. The molecule has 0 spiro atoms. The van der Waals surface area contributed by atoms with Crippen LogP contribution in [0.1, 0.15) is 35.8 Å². The molecule has 0 aliphatic carbocycles. The van der Waals surface area contributed by atoms with Crippen LogP contribution >= 0.6 is 11.8 Å². The molecule has 9 nitrogen and oxygen atoms in total. The molecule has 0 unspecified atom stereocenters. The van der Waals surface area contributed by atoms with E-state index in [2.05, 4.69) is 9.97 Å². The number of aromatic amines is 1. The first kappa shape index (κ1) is 23.4. The maximum atomic E-state index is 13.1. The van der Waals surface area contributed by atoms with E-state index in [-0.39, 0.29) is 11.5 Å². The normalized spacial score (nSPS) is 11.1. The summed E-state index contributed by atoms with van der Waals surface area (Å²) in [5.41, 5.74) is 7.10. The minimum Gasteiger partial charge on any atom is -0.383 e. The van der Waals surface area contributed by atoms with E-state index < -0.39 is 17.2 Å². The fourth-order valence-corrected chi connectivity index (χ4v) is 4.42. The molecule has 3 N–H and O–H groups in total. The molecule has 0 bridgehead atoms.